The maximum atomic E-state index is 12.2. The standard InChI is InChI=1S/C21H20F2N2O3/c1-3-25(4-2)16-9-5-14(6-10-16)13-18-20(26)28-19(24-18)15-7-11-17(12-8-15)27-21(22)23/h5-13,21H,3-4H2,1-2H3/b18-13+. The largest absolute Gasteiger partial charge is 0.435 e. The van der Waals surface area contributed by atoms with E-state index in [1.165, 1.54) is 24.3 Å². The zero-order valence-corrected chi connectivity index (χ0v) is 15.6. The second-order valence-corrected chi connectivity index (χ2v) is 6.00. The number of hydrogen-bond acceptors (Lipinski definition) is 5. The predicted molar refractivity (Wildman–Crippen MR) is 104 cm³/mol. The summed E-state index contributed by atoms with van der Waals surface area (Å²) < 4.78 is 33.9. The lowest BCUT2D eigenvalue weighted by Gasteiger charge is -2.20. The average Bonchev–Trinajstić information content (AvgIpc) is 3.04. The zero-order valence-electron chi connectivity index (χ0n) is 15.6. The molecule has 28 heavy (non-hydrogen) atoms. The van der Waals surface area contributed by atoms with Crippen LogP contribution in [0.4, 0.5) is 14.5 Å². The number of alkyl halides is 2. The number of benzene rings is 2. The molecule has 0 aliphatic carbocycles. The minimum atomic E-state index is -2.89. The van der Waals surface area contributed by atoms with E-state index >= 15 is 0 Å². The van der Waals surface area contributed by atoms with E-state index in [1.54, 1.807) is 6.08 Å². The van der Waals surface area contributed by atoms with Gasteiger partial charge in [0.25, 0.3) is 0 Å². The number of nitrogens with zero attached hydrogens (tertiary/aromatic N) is 2. The third-order valence-corrected chi connectivity index (χ3v) is 4.27. The van der Waals surface area contributed by atoms with E-state index in [2.05, 4.69) is 28.5 Å². The fourth-order valence-corrected chi connectivity index (χ4v) is 2.84. The first-order valence-corrected chi connectivity index (χ1v) is 8.93. The highest BCUT2D eigenvalue weighted by Gasteiger charge is 2.24. The van der Waals surface area contributed by atoms with Crippen molar-refractivity contribution in [2.45, 2.75) is 20.5 Å². The molecule has 5 nitrogen and oxygen atoms in total. The van der Waals surface area contributed by atoms with Gasteiger partial charge in [0.05, 0.1) is 0 Å². The minimum absolute atomic E-state index is 0.0210. The molecule has 0 N–H and O–H groups in total. The van der Waals surface area contributed by atoms with Gasteiger partial charge in [-0.3, -0.25) is 0 Å². The van der Waals surface area contributed by atoms with Gasteiger partial charge in [-0.1, -0.05) is 12.1 Å². The number of esters is 1. The van der Waals surface area contributed by atoms with Gasteiger partial charge >= 0.3 is 12.6 Å². The number of hydrogen-bond donors (Lipinski definition) is 0. The molecule has 0 amide bonds. The smallest absolute Gasteiger partial charge is 0.387 e. The second kappa shape index (κ2) is 8.65. The number of ether oxygens (including phenoxy) is 2. The predicted octanol–water partition coefficient (Wildman–Crippen LogP) is 4.48. The summed E-state index contributed by atoms with van der Waals surface area (Å²) in [6.07, 6.45) is 1.65. The molecule has 1 aliphatic rings. The van der Waals surface area contributed by atoms with Gasteiger partial charge in [-0.2, -0.15) is 8.78 Å². The number of carbonyl (C=O) groups is 1. The Morgan fingerprint density at radius 3 is 2.29 bits per heavy atom. The number of carbonyl (C=O) groups excluding carboxylic acids is 1. The molecular formula is C21H20F2N2O3. The number of cyclic esters (lactones) is 1. The van der Waals surface area contributed by atoms with E-state index in [1.807, 2.05) is 24.3 Å². The highest BCUT2D eigenvalue weighted by molar-refractivity contribution is 6.12. The van der Waals surface area contributed by atoms with E-state index < -0.39 is 12.6 Å². The topological polar surface area (TPSA) is 51.1 Å². The third-order valence-electron chi connectivity index (χ3n) is 4.27. The van der Waals surface area contributed by atoms with Gasteiger partial charge in [-0.25, -0.2) is 9.79 Å². The van der Waals surface area contributed by atoms with Crippen molar-refractivity contribution in [3.8, 4) is 5.75 Å². The Hall–Kier alpha value is -3.22. The van der Waals surface area contributed by atoms with Crippen molar-refractivity contribution < 1.29 is 23.0 Å². The van der Waals surface area contributed by atoms with Crippen LogP contribution in [0.1, 0.15) is 25.0 Å². The normalized spacial score (nSPS) is 15.0. The molecule has 2 aromatic rings. The van der Waals surface area contributed by atoms with Gasteiger partial charge in [-0.15, -0.1) is 0 Å². The third kappa shape index (κ3) is 4.54. The SMILES string of the molecule is CCN(CC)c1ccc(/C=C2/N=C(c3ccc(OC(F)F)cc3)OC2=O)cc1. The monoisotopic (exact) mass is 386 g/mol. The van der Waals surface area contributed by atoms with Gasteiger partial charge in [0.1, 0.15) is 5.75 Å². The molecule has 0 saturated heterocycles. The van der Waals surface area contributed by atoms with E-state index in [-0.39, 0.29) is 17.3 Å². The van der Waals surface area contributed by atoms with Crippen LogP contribution in [0, 0.1) is 0 Å². The summed E-state index contributed by atoms with van der Waals surface area (Å²) in [4.78, 5) is 18.5. The van der Waals surface area contributed by atoms with Crippen molar-refractivity contribution in [2.24, 2.45) is 4.99 Å². The van der Waals surface area contributed by atoms with E-state index in [0.29, 0.717) is 5.56 Å². The van der Waals surface area contributed by atoms with Crippen molar-refractivity contribution in [1.29, 1.82) is 0 Å². The van der Waals surface area contributed by atoms with Crippen molar-refractivity contribution in [1.82, 2.24) is 0 Å². The molecule has 0 unspecified atom stereocenters. The Morgan fingerprint density at radius 1 is 1.07 bits per heavy atom. The van der Waals surface area contributed by atoms with Crippen LogP contribution in [-0.2, 0) is 9.53 Å². The van der Waals surface area contributed by atoms with Gasteiger partial charge in [0.2, 0.25) is 5.90 Å². The van der Waals surface area contributed by atoms with Gasteiger partial charge in [0.15, 0.2) is 5.70 Å². The minimum Gasteiger partial charge on any atom is -0.435 e. The van der Waals surface area contributed by atoms with Crippen molar-refractivity contribution >= 4 is 23.6 Å². The summed E-state index contributed by atoms with van der Waals surface area (Å²) in [6.45, 7) is 3.12. The number of rotatable bonds is 7. The molecule has 0 aromatic heterocycles. The summed E-state index contributed by atoms with van der Waals surface area (Å²) in [7, 11) is 0. The van der Waals surface area contributed by atoms with E-state index in [4.69, 9.17) is 4.74 Å². The Balaban J connectivity index is 1.77. The van der Waals surface area contributed by atoms with Crippen LogP contribution < -0.4 is 9.64 Å². The van der Waals surface area contributed by atoms with Crippen LogP contribution in [0.25, 0.3) is 6.08 Å². The fraction of sp³-hybridized carbons (Fsp3) is 0.238. The quantitative estimate of drug-likeness (QED) is 0.520. The molecule has 7 heteroatoms. The molecule has 0 fully saturated rings. The molecule has 1 heterocycles. The molecular weight excluding hydrogens is 366 g/mol. The first kappa shape index (κ1) is 19.5. The Morgan fingerprint density at radius 2 is 1.71 bits per heavy atom. The lowest BCUT2D eigenvalue weighted by Crippen LogP contribution is -2.21. The first-order chi connectivity index (χ1) is 13.5. The molecule has 1 aliphatic heterocycles. The maximum absolute atomic E-state index is 12.2. The number of anilines is 1. The van der Waals surface area contributed by atoms with Gasteiger partial charge in [0, 0.05) is 24.3 Å². The molecule has 0 bridgehead atoms. The molecule has 3 rings (SSSR count). The van der Waals surface area contributed by atoms with E-state index in [9.17, 15) is 13.6 Å². The van der Waals surface area contributed by atoms with Crippen LogP contribution in [-0.4, -0.2) is 31.6 Å². The van der Waals surface area contributed by atoms with Crippen molar-refractivity contribution in [2.75, 3.05) is 18.0 Å². The zero-order chi connectivity index (χ0) is 20.1. The van der Waals surface area contributed by atoms with Crippen LogP contribution in [0.15, 0.2) is 59.2 Å². The lowest BCUT2D eigenvalue weighted by molar-refractivity contribution is -0.129. The lowest BCUT2D eigenvalue weighted by atomic mass is 10.1. The van der Waals surface area contributed by atoms with Crippen molar-refractivity contribution in [3.63, 3.8) is 0 Å². The molecule has 0 saturated carbocycles. The van der Waals surface area contributed by atoms with Crippen LogP contribution in [0.2, 0.25) is 0 Å². The first-order valence-electron chi connectivity index (χ1n) is 8.93. The molecule has 0 radical (unpaired) electrons. The molecule has 0 atom stereocenters. The summed E-state index contributed by atoms with van der Waals surface area (Å²) >= 11 is 0. The van der Waals surface area contributed by atoms with Crippen LogP contribution in [0.3, 0.4) is 0 Å². The maximum Gasteiger partial charge on any atom is 0.387 e. The fourth-order valence-electron chi connectivity index (χ4n) is 2.84. The molecule has 0 spiro atoms. The van der Waals surface area contributed by atoms with Crippen molar-refractivity contribution in [3.05, 3.63) is 65.4 Å². The Kier molecular flexibility index (Phi) is 6.03. The second-order valence-electron chi connectivity index (χ2n) is 6.00. The van der Waals surface area contributed by atoms with Crippen LogP contribution >= 0.6 is 0 Å². The number of aliphatic imine (C=N–C) groups is 1. The van der Waals surface area contributed by atoms with Gasteiger partial charge in [-0.05, 0) is 61.9 Å². The molecule has 2 aromatic carbocycles. The average molecular weight is 386 g/mol. The van der Waals surface area contributed by atoms with E-state index in [0.717, 1.165) is 24.3 Å². The number of halogens is 2. The molecule has 146 valence electrons. The Bertz CT molecular complexity index is 887. The highest BCUT2D eigenvalue weighted by atomic mass is 19.3. The summed E-state index contributed by atoms with van der Waals surface area (Å²) in [5.74, 6) is -0.414. The van der Waals surface area contributed by atoms with Crippen LogP contribution in [0.5, 0.6) is 5.75 Å². The summed E-state index contributed by atoms with van der Waals surface area (Å²) in [5.41, 5.74) is 2.61. The highest BCUT2D eigenvalue weighted by Crippen LogP contribution is 2.22. The van der Waals surface area contributed by atoms with Gasteiger partial charge < -0.3 is 14.4 Å². The summed E-state index contributed by atoms with van der Waals surface area (Å²) in [6, 6.07) is 13.6. The Labute approximate surface area is 161 Å². The summed E-state index contributed by atoms with van der Waals surface area (Å²) in [5, 5.41) is 0.